The van der Waals surface area contributed by atoms with Gasteiger partial charge in [-0.1, -0.05) is 38.5 Å². The summed E-state index contributed by atoms with van der Waals surface area (Å²) in [6.07, 6.45) is 3.07. The molecular weight excluding hydrogens is 200 g/mol. The van der Waals surface area contributed by atoms with Gasteiger partial charge >= 0.3 is 0 Å². The first-order valence-electron chi connectivity index (χ1n) is 5.72. The highest BCUT2D eigenvalue weighted by Gasteiger charge is 2.05. The van der Waals surface area contributed by atoms with Gasteiger partial charge in [-0.05, 0) is 18.1 Å². The number of amides is 1. The summed E-state index contributed by atoms with van der Waals surface area (Å²) in [6.45, 7) is 5.36. The first-order valence-corrected chi connectivity index (χ1v) is 5.72. The van der Waals surface area contributed by atoms with E-state index in [0.29, 0.717) is 6.41 Å². The second-order valence-electron chi connectivity index (χ2n) is 3.45. The van der Waals surface area contributed by atoms with Gasteiger partial charge in [0.1, 0.15) is 0 Å². The highest BCUT2D eigenvalue weighted by atomic mass is 16.1. The van der Waals surface area contributed by atoms with Crippen LogP contribution in [0.4, 0.5) is 5.69 Å². The number of fused-ring (bicyclic) bond motifs is 1. The van der Waals surface area contributed by atoms with Crippen molar-refractivity contribution in [1.29, 1.82) is 0 Å². The predicted molar refractivity (Wildman–Crippen MR) is 69.7 cm³/mol. The van der Waals surface area contributed by atoms with Crippen LogP contribution in [0, 0.1) is 0 Å². The maximum atomic E-state index is 9.06. The summed E-state index contributed by atoms with van der Waals surface area (Å²) in [7, 11) is 1.56. The van der Waals surface area contributed by atoms with Gasteiger partial charge in [0, 0.05) is 19.3 Å². The SMILES string of the molecule is CCC.CNC=O.c1ccc2c(c1)CCN2. The normalized spacial score (nSPS) is 10.7. The number of benzene rings is 1. The molecule has 1 aromatic carbocycles. The molecular formula is C13H22N2O. The zero-order valence-corrected chi connectivity index (χ0v) is 10.4. The molecule has 1 aliphatic heterocycles. The third-order valence-electron chi connectivity index (χ3n) is 1.85. The van der Waals surface area contributed by atoms with Gasteiger partial charge in [-0.25, -0.2) is 0 Å². The summed E-state index contributed by atoms with van der Waals surface area (Å²) in [5, 5.41) is 5.55. The Balaban J connectivity index is 0.000000275. The Hall–Kier alpha value is -1.51. The molecule has 3 heteroatoms. The van der Waals surface area contributed by atoms with E-state index in [1.807, 2.05) is 0 Å². The quantitative estimate of drug-likeness (QED) is 0.717. The van der Waals surface area contributed by atoms with Gasteiger partial charge < -0.3 is 10.6 Å². The molecule has 1 amide bonds. The molecule has 0 aliphatic carbocycles. The lowest BCUT2D eigenvalue weighted by molar-refractivity contribution is -0.109. The molecule has 2 N–H and O–H groups in total. The molecule has 0 saturated carbocycles. The lowest BCUT2D eigenvalue weighted by Gasteiger charge is -1.94. The summed E-state index contributed by atoms with van der Waals surface area (Å²) in [6, 6.07) is 8.46. The first kappa shape index (κ1) is 14.5. The zero-order valence-electron chi connectivity index (χ0n) is 10.4. The van der Waals surface area contributed by atoms with Crippen molar-refractivity contribution in [2.45, 2.75) is 26.7 Å². The maximum absolute atomic E-state index is 9.06. The number of hydrogen-bond acceptors (Lipinski definition) is 2. The van der Waals surface area contributed by atoms with Crippen molar-refractivity contribution in [3.63, 3.8) is 0 Å². The van der Waals surface area contributed by atoms with Crippen LogP contribution in [0.2, 0.25) is 0 Å². The molecule has 0 atom stereocenters. The lowest BCUT2D eigenvalue weighted by Crippen LogP contribution is -1.98. The van der Waals surface area contributed by atoms with Crippen LogP contribution in [0.1, 0.15) is 25.8 Å². The molecule has 1 heterocycles. The van der Waals surface area contributed by atoms with Crippen molar-refractivity contribution in [3.05, 3.63) is 29.8 Å². The third kappa shape index (κ3) is 6.06. The Kier molecular flexibility index (Phi) is 9.08. The molecule has 0 fully saturated rings. The van der Waals surface area contributed by atoms with Crippen molar-refractivity contribution in [1.82, 2.24) is 5.32 Å². The minimum absolute atomic E-state index is 0.625. The topological polar surface area (TPSA) is 41.1 Å². The van der Waals surface area contributed by atoms with Crippen LogP contribution in [0.5, 0.6) is 0 Å². The Labute approximate surface area is 98.3 Å². The second-order valence-corrected chi connectivity index (χ2v) is 3.45. The number of carbonyl (C=O) groups excluding carboxylic acids is 1. The van der Waals surface area contributed by atoms with E-state index < -0.39 is 0 Å². The minimum atomic E-state index is 0.625. The zero-order chi connectivity index (χ0) is 12.2. The lowest BCUT2D eigenvalue weighted by atomic mass is 10.2. The Morgan fingerprint density at radius 2 is 1.94 bits per heavy atom. The van der Waals surface area contributed by atoms with Gasteiger partial charge in [0.05, 0.1) is 0 Å². The molecule has 16 heavy (non-hydrogen) atoms. The van der Waals surface area contributed by atoms with E-state index in [1.165, 1.54) is 24.1 Å². The van der Waals surface area contributed by atoms with Gasteiger partial charge in [0.25, 0.3) is 0 Å². The van der Waals surface area contributed by atoms with Crippen molar-refractivity contribution in [2.75, 3.05) is 18.9 Å². The van der Waals surface area contributed by atoms with E-state index in [2.05, 4.69) is 48.7 Å². The summed E-state index contributed by atoms with van der Waals surface area (Å²) in [5.41, 5.74) is 2.77. The third-order valence-corrected chi connectivity index (χ3v) is 1.85. The molecule has 3 nitrogen and oxygen atoms in total. The van der Waals surface area contributed by atoms with Crippen LogP contribution in [0.3, 0.4) is 0 Å². The number of hydrogen-bond donors (Lipinski definition) is 2. The van der Waals surface area contributed by atoms with E-state index in [1.54, 1.807) is 7.05 Å². The highest BCUT2D eigenvalue weighted by molar-refractivity contribution is 5.54. The average Bonchev–Trinajstić information content (AvgIpc) is 2.78. The standard InChI is InChI=1S/C8H9N.C3H8.C2H5NO/c1-2-4-8-7(3-1)5-6-9-8;1-3-2;1-3-2-4/h1-4,9H,5-6H2;3H2,1-2H3;2H,1H3,(H,3,4). The van der Waals surface area contributed by atoms with Crippen LogP contribution in [0.15, 0.2) is 24.3 Å². The fourth-order valence-electron chi connectivity index (χ4n) is 1.24. The van der Waals surface area contributed by atoms with Crippen molar-refractivity contribution >= 4 is 12.1 Å². The van der Waals surface area contributed by atoms with Gasteiger partial charge in [-0.15, -0.1) is 0 Å². The largest absolute Gasteiger partial charge is 0.384 e. The fourth-order valence-corrected chi connectivity index (χ4v) is 1.24. The molecule has 2 rings (SSSR count). The van der Waals surface area contributed by atoms with Gasteiger partial charge in [-0.2, -0.15) is 0 Å². The van der Waals surface area contributed by atoms with Crippen LogP contribution >= 0.6 is 0 Å². The Morgan fingerprint density at radius 3 is 2.44 bits per heavy atom. The maximum Gasteiger partial charge on any atom is 0.206 e. The molecule has 0 unspecified atom stereocenters. The van der Waals surface area contributed by atoms with Gasteiger partial charge in [0.2, 0.25) is 6.41 Å². The highest BCUT2D eigenvalue weighted by Crippen LogP contribution is 2.19. The smallest absolute Gasteiger partial charge is 0.206 e. The molecule has 0 radical (unpaired) electrons. The number of nitrogens with one attached hydrogen (secondary N) is 2. The molecule has 0 saturated heterocycles. The number of anilines is 1. The second kappa shape index (κ2) is 10.0. The van der Waals surface area contributed by atoms with E-state index in [-0.39, 0.29) is 0 Å². The predicted octanol–water partition coefficient (Wildman–Crippen LogP) is 2.43. The Morgan fingerprint density at radius 1 is 1.38 bits per heavy atom. The van der Waals surface area contributed by atoms with Crippen molar-refractivity contribution < 1.29 is 4.79 Å². The van der Waals surface area contributed by atoms with Gasteiger partial charge in [0.15, 0.2) is 0 Å². The summed E-state index contributed by atoms with van der Waals surface area (Å²) < 4.78 is 0. The Bertz CT molecular complexity index is 264. The van der Waals surface area contributed by atoms with Crippen LogP contribution in [-0.4, -0.2) is 20.0 Å². The molecule has 0 aromatic heterocycles. The van der Waals surface area contributed by atoms with E-state index in [0.717, 1.165) is 6.54 Å². The average molecular weight is 222 g/mol. The van der Waals surface area contributed by atoms with E-state index >= 15 is 0 Å². The summed E-state index contributed by atoms with van der Waals surface area (Å²) in [4.78, 5) is 9.06. The van der Waals surface area contributed by atoms with Crippen molar-refractivity contribution in [3.8, 4) is 0 Å². The molecule has 1 aromatic rings. The van der Waals surface area contributed by atoms with Crippen molar-refractivity contribution in [2.24, 2.45) is 0 Å². The van der Waals surface area contributed by atoms with Gasteiger partial charge in [-0.3, -0.25) is 4.79 Å². The van der Waals surface area contributed by atoms with Crippen LogP contribution in [-0.2, 0) is 11.2 Å². The molecule has 0 bridgehead atoms. The summed E-state index contributed by atoms with van der Waals surface area (Å²) in [5.74, 6) is 0. The fraction of sp³-hybridized carbons (Fsp3) is 0.462. The summed E-state index contributed by atoms with van der Waals surface area (Å²) >= 11 is 0. The van der Waals surface area contributed by atoms with Crippen LogP contribution in [0.25, 0.3) is 0 Å². The van der Waals surface area contributed by atoms with Crippen LogP contribution < -0.4 is 10.6 Å². The number of carbonyl (C=O) groups is 1. The monoisotopic (exact) mass is 222 g/mol. The molecule has 0 spiro atoms. The van der Waals surface area contributed by atoms with E-state index in [4.69, 9.17) is 4.79 Å². The first-order chi connectivity index (χ1) is 7.79. The van der Waals surface area contributed by atoms with E-state index in [9.17, 15) is 0 Å². The molecule has 1 aliphatic rings. The number of para-hydroxylation sites is 1. The number of rotatable bonds is 1. The minimum Gasteiger partial charge on any atom is -0.384 e. The molecule has 90 valence electrons.